The number of nitrogens with two attached hydrogens (primary N) is 2. The Bertz CT molecular complexity index is 1350. The van der Waals surface area contributed by atoms with Gasteiger partial charge in [0, 0.05) is 43.9 Å². The van der Waals surface area contributed by atoms with Gasteiger partial charge in [0.25, 0.3) is 0 Å². The van der Waals surface area contributed by atoms with Crippen molar-refractivity contribution in [3.8, 4) is 0 Å². The minimum Gasteiger partial charge on any atom is -0.460 e. The van der Waals surface area contributed by atoms with Crippen molar-refractivity contribution in [2.45, 2.75) is 97.1 Å². The molecule has 15 nitrogen and oxygen atoms in total. The molecule has 0 bridgehead atoms. The standard InChI is InChI=1S/C34H53N7O8S/c1-21(2)28(40-26(42)10-6-7-17-41-27(43)19-25(31(41)46)50-18-15-35)30(45)39-24(9-8-16-37-33(36)48)29(44)38-23-13-11-22(12-14-23)20-49-32(47)34(3,4)5/h11-14,21,24-25,28H,6-10,15-20,35H2,1-5H3,(H,38,44)(H,39,45)(H,40,42)(H3,36,37,48)/t24-,25?,28-/m0/s1. The summed E-state index contributed by atoms with van der Waals surface area (Å²) in [6, 6.07) is 4.05. The first-order valence-electron chi connectivity index (χ1n) is 16.9. The Labute approximate surface area is 298 Å². The number of primary amides is 1. The fourth-order valence-electron chi connectivity index (χ4n) is 4.89. The summed E-state index contributed by atoms with van der Waals surface area (Å²) < 4.78 is 5.33. The second-order valence-electron chi connectivity index (χ2n) is 13.5. The van der Waals surface area contributed by atoms with Gasteiger partial charge >= 0.3 is 12.0 Å². The van der Waals surface area contributed by atoms with Gasteiger partial charge in [0.15, 0.2) is 0 Å². The predicted octanol–water partition coefficient (Wildman–Crippen LogP) is 1.78. The number of ether oxygens (including phenoxy) is 1. The average molecular weight is 720 g/mol. The molecule has 1 aromatic carbocycles. The molecule has 278 valence electrons. The van der Waals surface area contributed by atoms with Gasteiger partial charge in [0.1, 0.15) is 18.7 Å². The summed E-state index contributed by atoms with van der Waals surface area (Å²) in [5, 5.41) is 10.3. The molecule has 1 heterocycles. The average Bonchev–Trinajstić information content (AvgIpc) is 3.31. The molecular weight excluding hydrogens is 666 g/mol. The zero-order valence-electron chi connectivity index (χ0n) is 29.7. The van der Waals surface area contributed by atoms with Gasteiger partial charge in [0.05, 0.1) is 10.7 Å². The molecule has 16 heteroatoms. The van der Waals surface area contributed by atoms with E-state index in [9.17, 15) is 33.6 Å². The van der Waals surface area contributed by atoms with Crippen molar-refractivity contribution in [1.29, 1.82) is 0 Å². The Morgan fingerprint density at radius 3 is 2.28 bits per heavy atom. The monoisotopic (exact) mass is 719 g/mol. The van der Waals surface area contributed by atoms with Gasteiger partial charge in [-0.2, -0.15) is 0 Å². The third-order valence-electron chi connectivity index (χ3n) is 7.75. The maximum Gasteiger partial charge on any atom is 0.312 e. The number of thioether (sulfide) groups is 1. The number of nitrogens with zero attached hydrogens (tertiary/aromatic N) is 1. The highest BCUT2D eigenvalue weighted by atomic mass is 32.2. The van der Waals surface area contributed by atoms with E-state index in [1.807, 2.05) is 0 Å². The molecule has 1 aliphatic rings. The molecule has 8 N–H and O–H groups in total. The number of carbonyl (C=O) groups excluding carboxylic acids is 7. The van der Waals surface area contributed by atoms with Crippen molar-refractivity contribution < 1.29 is 38.3 Å². The minimum absolute atomic E-state index is 0.0747. The molecule has 1 unspecified atom stereocenters. The number of nitrogens with one attached hydrogen (secondary N) is 4. The maximum absolute atomic E-state index is 13.4. The van der Waals surface area contributed by atoms with Crippen molar-refractivity contribution in [3.63, 3.8) is 0 Å². The highest BCUT2D eigenvalue weighted by Gasteiger charge is 2.38. The van der Waals surface area contributed by atoms with E-state index in [2.05, 4.69) is 21.3 Å². The number of esters is 1. The molecule has 50 heavy (non-hydrogen) atoms. The van der Waals surface area contributed by atoms with Crippen molar-refractivity contribution in [1.82, 2.24) is 20.9 Å². The Balaban J connectivity index is 1.97. The molecule has 1 aliphatic heterocycles. The lowest BCUT2D eigenvalue weighted by atomic mass is 9.97. The van der Waals surface area contributed by atoms with Crippen molar-refractivity contribution in [2.75, 3.05) is 30.7 Å². The molecule has 1 aromatic rings. The van der Waals surface area contributed by atoms with Crippen molar-refractivity contribution in [2.24, 2.45) is 22.8 Å². The highest BCUT2D eigenvalue weighted by molar-refractivity contribution is 8.00. The lowest BCUT2D eigenvalue weighted by Gasteiger charge is -2.25. The molecule has 0 radical (unpaired) electrons. The lowest BCUT2D eigenvalue weighted by Crippen LogP contribution is -2.54. The van der Waals surface area contributed by atoms with Crippen LogP contribution in [0.5, 0.6) is 0 Å². The summed E-state index contributed by atoms with van der Waals surface area (Å²) in [6.45, 7) is 9.71. The Hall–Kier alpha value is -4.18. The van der Waals surface area contributed by atoms with Crippen LogP contribution in [0, 0.1) is 11.3 Å². The second-order valence-corrected chi connectivity index (χ2v) is 14.8. The Morgan fingerprint density at radius 2 is 1.68 bits per heavy atom. The molecule has 0 aromatic heterocycles. The van der Waals surface area contributed by atoms with E-state index in [1.165, 1.54) is 16.7 Å². The normalized spacial score (nSPS) is 15.7. The number of hydrogen-bond acceptors (Lipinski definition) is 10. The summed E-state index contributed by atoms with van der Waals surface area (Å²) >= 11 is 1.37. The summed E-state index contributed by atoms with van der Waals surface area (Å²) in [4.78, 5) is 88.9. The highest BCUT2D eigenvalue weighted by Crippen LogP contribution is 2.25. The van der Waals surface area contributed by atoms with Crippen LogP contribution >= 0.6 is 11.8 Å². The molecule has 0 aliphatic carbocycles. The Morgan fingerprint density at radius 1 is 1.00 bits per heavy atom. The summed E-state index contributed by atoms with van der Waals surface area (Å²) in [7, 11) is 0. The number of likely N-dealkylation sites (tertiary alicyclic amines) is 1. The largest absolute Gasteiger partial charge is 0.460 e. The number of carbonyl (C=O) groups is 7. The molecule has 3 atom stereocenters. The van der Waals surface area contributed by atoms with Gasteiger partial charge in [-0.1, -0.05) is 26.0 Å². The second kappa shape index (κ2) is 20.5. The number of anilines is 1. The maximum atomic E-state index is 13.4. The van der Waals surface area contributed by atoms with Gasteiger partial charge in [-0.15, -0.1) is 11.8 Å². The number of urea groups is 1. The van der Waals surface area contributed by atoms with Crippen LogP contribution in [0.25, 0.3) is 0 Å². The van der Waals surface area contributed by atoms with Crippen molar-refractivity contribution in [3.05, 3.63) is 29.8 Å². The Kier molecular flexibility index (Phi) is 17.2. The summed E-state index contributed by atoms with van der Waals surface area (Å²) in [5.41, 5.74) is 11.2. The number of hydrogen-bond donors (Lipinski definition) is 6. The van der Waals surface area contributed by atoms with Gasteiger partial charge in [-0.25, -0.2) is 4.79 Å². The smallest absolute Gasteiger partial charge is 0.312 e. The van der Waals surface area contributed by atoms with Gasteiger partial charge in [-0.05, 0) is 70.1 Å². The van der Waals surface area contributed by atoms with Crippen LogP contribution in [0.2, 0.25) is 0 Å². The van der Waals surface area contributed by atoms with Crippen LogP contribution in [-0.2, 0) is 40.1 Å². The van der Waals surface area contributed by atoms with E-state index in [0.717, 1.165) is 5.56 Å². The summed E-state index contributed by atoms with van der Waals surface area (Å²) in [5.74, 6) is -1.96. The number of imide groups is 1. The van der Waals surface area contributed by atoms with Crippen LogP contribution in [0.15, 0.2) is 24.3 Å². The molecular formula is C34H53N7O8S. The van der Waals surface area contributed by atoms with Crippen molar-refractivity contribution >= 4 is 59.0 Å². The molecule has 1 saturated heterocycles. The first-order valence-corrected chi connectivity index (χ1v) is 17.9. The van der Waals surface area contributed by atoms with E-state index in [1.54, 1.807) is 58.9 Å². The van der Waals surface area contributed by atoms with Crippen LogP contribution < -0.4 is 32.7 Å². The number of unbranched alkanes of at least 4 members (excludes halogenated alkanes) is 1. The van der Waals surface area contributed by atoms with E-state index in [4.69, 9.17) is 16.2 Å². The van der Waals surface area contributed by atoms with Crippen LogP contribution in [0.1, 0.15) is 78.7 Å². The van der Waals surface area contributed by atoms with E-state index in [0.29, 0.717) is 37.2 Å². The van der Waals surface area contributed by atoms with Gasteiger partial charge in [-0.3, -0.25) is 33.7 Å². The molecule has 2 rings (SSSR count). The van der Waals surface area contributed by atoms with E-state index < -0.39 is 40.6 Å². The first-order chi connectivity index (χ1) is 23.5. The first kappa shape index (κ1) is 42.0. The number of amides is 7. The fourth-order valence-corrected chi connectivity index (χ4v) is 5.84. The van der Waals surface area contributed by atoms with E-state index >= 15 is 0 Å². The third kappa shape index (κ3) is 14.4. The SMILES string of the molecule is CC(C)[C@H](NC(=O)CCCCN1C(=O)CC(SCCN)C1=O)C(=O)N[C@@H](CCCNC(N)=O)C(=O)Nc1ccc(COC(=O)C(C)(C)C)cc1. The van der Waals surface area contributed by atoms with Crippen LogP contribution in [-0.4, -0.2) is 89.2 Å². The molecule has 0 spiro atoms. The predicted molar refractivity (Wildman–Crippen MR) is 190 cm³/mol. The lowest BCUT2D eigenvalue weighted by molar-refractivity contribution is -0.154. The topological polar surface area (TPSA) is 232 Å². The number of rotatable bonds is 20. The van der Waals surface area contributed by atoms with Gasteiger partial charge in [0.2, 0.25) is 29.5 Å². The molecule has 1 fully saturated rings. The van der Waals surface area contributed by atoms with E-state index in [-0.39, 0.29) is 68.6 Å². The van der Waals surface area contributed by atoms with Crippen LogP contribution in [0.3, 0.4) is 0 Å². The van der Waals surface area contributed by atoms with Crippen LogP contribution in [0.4, 0.5) is 10.5 Å². The minimum atomic E-state index is -1.01. The zero-order valence-corrected chi connectivity index (χ0v) is 30.5. The summed E-state index contributed by atoms with van der Waals surface area (Å²) in [6.07, 6.45) is 1.54. The quantitative estimate of drug-likeness (QED) is 0.0650. The molecule has 7 amide bonds. The fraction of sp³-hybridized carbons (Fsp3) is 0.618. The number of benzene rings is 1. The third-order valence-corrected chi connectivity index (χ3v) is 8.99. The zero-order chi connectivity index (χ0) is 37.4. The molecule has 0 saturated carbocycles. The van der Waals surface area contributed by atoms with Gasteiger partial charge < -0.3 is 37.5 Å².